The summed E-state index contributed by atoms with van der Waals surface area (Å²) in [4.78, 5) is 11.9. The Bertz CT molecular complexity index is 397. The molecule has 88 valence electrons. The lowest BCUT2D eigenvalue weighted by molar-refractivity contribution is 0.0911. The van der Waals surface area contributed by atoms with Gasteiger partial charge >= 0.3 is 0 Å². The van der Waals surface area contributed by atoms with Crippen molar-refractivity contribution in [2.24, 2.45) is 0 Å². The zero-order valence-corrected chi connectivity index (χ0v) is 10.4. The highest BCUT2D eigenvalue weighted by Gasteiger charge is 2.18. The van der Waals surface area contributed by atoms with Gasteiger partial charge in [0.05, 0.1) is 0 Å². The van der Waals surface area contributed by atoms with Crippen LogP contribution < -0.4 is 11.1 Å². The highest BCUT2D eigenvalue weighted by Crippen LogP contribution is 2.14. The number of carbonyl (C=O) groups excluding carboxylic acids is 1. The molecule has 0 radical (unpaired) electrons. The van der Waals surface area contributed by atoms with Crippen LogP contribution in [0.5, 0.6) is 0 Å². The number of benzene rings is 1. The summed E-state index contributed by atoms with van der Waals surface area (Å²) in [5, 5.41) is 2.99. The minimum Gasteiger partial charge on any atom is -0.399 e. The van der Waals surface area contributed by atoms with Crippen molar-refractivity contribution in [3.8, 4) is 0 Å². The number of hydrogen-bond acceptors (Lipinski definition) is 2. The van der Waals surface area contributed by atoms with Crippen molar-refractivity contribution in [3.63, 3.8) is 0 Å². The molecule has 0 unspecified atom stereocenters. The molecule has 1 rings (SSSR count). The first-order chi connectivity index (χ1) is 7.35. The van der Waals surface area contributed by atoms with E-state index in [1.165, 1.54) is 0 Å². The van der Waals surface area contributed by atoms with Crippen LogP contribution in [0.4, 0.5) is 5.69 Å². The molecule has 0 atom stereocenters. The van der Waals surface area contributed by atoms with E-state index in [2.05, 4.69) is 12.2 Å². The van der Waals surface area contributed by atoms with Crippen molar-refractivity contribution in [1.29, 1.82) is 0 Å². The number of aryl methyl sites for hydroxylation is 1. The van der Waals surface area contributed by atoms with Gasteiger partial charge in [-0.3, -0.25) is 4.79 Å². The smallest absolute Gasteiger partial charge is 0.251 e. The summed E-state index contributed by atoms with van der Waals surface area (Å²) in [6.45, 7) is 7.97. The van der Waals surface area contributed by atoms with E-state index in [1.807, 2.05) is 26.8 Å². The lowest BCUT2D eigenvalue weighted by Gasteiger charge is -2.24. The lowest BCUT2D eigenvalue weighted by Crippen LogP contribution is -2.42. The summed E-state index contributed by atoms with van der Waals surface area (Å²) in [5.74, 6) is -0.0463. The minimum absolute atomic E-state index is 0.0463. The number of hydrogen-bond donors (Lipinski definition) is 2. The first-order valence-corrected chi connectivity index (χ1v) is 5.54. The van der Waals surface area contributed by atoms with Gasteiger partial charge in [0.1, 0.15) is 0 Å². The van der Waals surface area contributed by atoms with Crippen LogP contribution in [0, 0.1) is 6.92 Å². The van der Waals surface area contributed by atoms with Crippen LogP contribution in [0.15, 0.2) is 18.2 Å². The molecule has 0 aromatic heterocycles. The van der Waals surface area contributed by atoms with E-state index < -0.39 is 0 Å². The van der Waals surface area contributed by atoms with Crippen molar-refractivity contribution in [2.75, 3.05) is 5.73 Å². The highest BCUT2D eigenvalue weighted by atomic mass is 16.1. The van der Waals surface area contributed by atoms with Crippen LogP contribution >= 0.6 is 0 Å². The van der Waals surface area contributed by atoms with Crippen molar-refractivity contribution in [2.45, 2.75) is 39.7 Å². The summed E-state index contributed by atoms with van der Waals surface area (Å²) in [7, 11) is 0. The van der Waals surface area contributed by atoms with Crippen LogP contribution in [0.1, 0.15) is 43.1 Å². The highest BCUT2D eigenvalue weighted by molar-refractivity contribution is 5.95. The summed E-state index contributed by atoms with van der Waals surface area (Å²) < 4.78 is 0. The Morgan fingerprint density at radius 1 is 1.44 bits per heavy atom. The predicted octanol–water partition coefficient (Wildman–Crippen LogP) is 2.50. The number of nitrogens with two attached hydrogens (primary N) is 1. The second-order valence-corrected chi connectivity index (χ2v) is 4.76. The van der Waals surface area contributed by atoms with Crippen molar-refractivity contribution >= 4 is 11.6 Å². The fourth-order valence-electron chi connectivity index (χ4n) is 1.28. The van der Waals surface area contributed by atoms with Gasteiger partial charge in [-0.05, 0) is 51.0 Å². The largest absolute Gasteiger partial charge is 0.399 e. The van der Waals surface area contributed by atoms with Gasteiger partial charge in [-0.1, -0.05) is 6.92 Å². The van der Waals surface area contributed by atoms with Gasteiger partial charge in [-0.15, -0.1) is 0 Å². The third-order valence-electron chi connectivity index (χ3n) is 2.87. The zero-order valence-electron chi connectivity index (χ0n) is 10.4. The number of carbonyl (C=O) groups is 1. The standard InChI is InChI=1S/C13H20N2O/c1-5-13(3,4)15-12(16)10-6-7-11(14)9(2)8-10/h6-8H,5,14H2,1-4H3,(H,15,16). The SMILES string of the molecule is CCC(C)(C)NC(=O)c1ccc(N)c(C)c1. The average Bonchev–Trinajstić information content (AvgIpc) is 2.21. The van der Waals surface area contributed by atoms with E-state index >= 15 is 0 Å². The molecule has 1 aromatic carbocycles. The molecule has 16 heavy (non-hydrogen) atoms. The van der Waals surface area contributed by atoms with Crippen molar-refractivity contribution in [3.05, 3.63) is 29.3 Å². The van der Waals surface area contributed by atoms with Gasteiger partial charge in [0.2, 0.25) is 0 Å². The Labute approximate surface area is 97.0 Å². The molecule has 0 saturated heterocycles. The van der Waals surface area contributed by atoms with Gasteiger partial charge in [-0.25, -0.2) is 0 Å². The average molecular weight is 220 g/mol. The van der Waals surface area contributed by atoms with Crippen molar-refractivity contribution < 1.29 is 4.79 Å². The molecule has 0 heterocycles. The van der Waals surface area contributed by atoms with E-state index in [4.69, 9.17) is 5.73 Å². The van der Waals surface area contributed by atoms with Gasteiger partial charge < -0.3 is 11.1 Å². The quantitative estimate of drug-likeness (QED) is 0.769. The third-order valence-corrected chi connectivity index (χ3v) is 2.87. The first-order valence-electron chi connectivity index (χ1n) is 5.54. The van der Waals surface area contributed by atoms with Gasteiger partial charge in [-0.2, -0.15) is 0 Å². The number of amides is 1. The Hall–Kier alpha value is -1.51. The number of rotatable bonds is 3. The fourth-order valence-corrected chi connectivity index (χ4v) is 1.28. The molecule has 0 bridgehead atoms. The maximum absolute atomic E-state index is 11.9. The topological polar surface area (TPSA) is 55.1 Å². The molecular formula is C13H20N2O. The molecule has 3 heteroatoms. The minimum atomic E-state index is -0.174. The molecule has 0 fully saturated rings. The van der Waals surface area contributed by atoms with E-state index in [9.17, 15) is 4.79 Å². The normalized spacial score (nSPS) is 11.2. The molecule has 3 nitrogen and oxygen atoms in total. The first kappa shape index (κ1) is 12.6. The Morgan fingerprint density at radius 2 is 2.06 bits per heavy atom. The number of nitrogen functional groups attached to an aromatic ring is 1. The van der Waals surface area contributed by atoms with E-state index in [1.54, 1.807) is 12.1 Å². The number of nitrogens with one attached hydrogen (secondary N) is 1. The molecular weight excluding hydrogens is 200 g/mol. The van der Waals surface area contributed by atoms with E-state index in [0.29, 0.717) is 11.3 Å². The van der Waals surface area contributed by atoms with Gasteiger partial charge in [0.25, 0.3) is 5.91 Å². The molecule has 3 N–H and O–H groups in total. The monoisotopic (exact) mass is 220 g/mol. The number of anilines is 1. The van der Waals surface area contributed by atoms with Gasteiger partial charge in [0, 0.05) is 16.8 Å². The molecule has 0 saturated carbocycles. The van der Waals surface area contributed by atoms with Gasteiger partial charge in [0.15, 0.2) is 0 Å². The molecule has 0 aliphatic rings. The Morgan fingerprint density at radius 3 is 2.56 bits per heavy atom. The van der Waals surface area contributed by atoms with Crippen LogP contribution in [-0.2, 0) is 0 Å². The molecule has 1 aromatic rings. The molecule has 0 spiro atoms. The Balaban J connectivity index is 2.85. The maximum atomic E-state index is 11.9. The second-order valence-electron chi connectivity index (χ2n) is 4.76. The zero-order chi connectivity index (χ0) is 12.3. The summed E-state index contributed by atoms with van der Waals surface area (Å²) in [5.41, 5.74) is 7.84. The van der Waals surface area contributed by atoms with E-state index in [-0.39, 0.29) is 11.4 Å². The van der Waals surface area contributed by atoms with Crippen LogP contribution in [0.25, 0.3) is 0 Å². The van der Waals surface area contributed by atoms with Crippen LogP contribution in [0.3, 0.4) is 0 Å². The van der Waals surface area contributed by atoms with E-state index in [0.717, 1.165) is 12.0 Å². The summed E-state index contributed by atoms with van der Waals surface area (Å²) >= 11 is 0. The summed E-state index contributed by atoms with van der Waals surface area (Å²) in [6, 6.07) is 5.34. The summed E-state index contributed by atoms with van der Waals surface area (Å²) in [6.07, 6.45) is 0.896. The van der Waals surface area contributed by atoms with Crippen LogP contribution in [0.2, 0.25) is 0 Å². The van der Waals surface area contributed by atoms with Crippen LogP contribution in [-0.4, -0.2) is 11.4 Å². The fraction of sp³-hybridized carbons (Fsp3) is 0.462. The predicted molar refractivity (Wildman–Crippen MR) is 67.4 cm³/mol. The lowest BCUT2D eigenvalue weighted by atomic mass is 10.0. The Kier molecular flexibility index (Phi) is 3.58. The maximum Gasteiger partial charge on any atom is 0.251 e. The molecule has 0 aliphatic carbocycles. The second kappa shape index (κ2) is 4.56. The third kappa shape index (κ3) is 2.99. The van der Waals surface area contributed by atoms with Crippen molar-refractivity contribution in [1.82, 2.24) is 5.32 Å². The molecule has 1 amide bonds. The molecule has 0 aliphatic heterocycles.